The van der Waals surface area contributed by atoms with Crippen molar-refractivity contribution in [3.05, 3.63) is 33.8 Å². The molecule has 4 heteroatoms. The first-order valence-corrected chi connectivity index (χ1v) is 8.76. The summed E-state index contributed by atoms with van der Waals surface area (Å²) in [5, 5.41) is 3.59. The molecule has 0 spiro atoms. The molecule has 3 nitrogen and oxygen atoms in total. The second-order valence-electron chi connectivity index (χ2n) is 6.22. The Balaban J connectivity index is 1.85. The number of nitrogens with zero attached hydrogens (tertiary/aromatic N) is 1. The van der Waals surface area contributed by atoms with E-state index in [4.69, 9.17) is 0 Å². The summed E-state index contributed by atoms with van der Waals surface area (Å²) in [5.74, 6) is 0.201. The molecular formula is C17H23BrN2O. The predicted octanol–water partition coefficient (Wildman–Crippen LogP) is 3.50. The van der Waals surface area contributed by atoms with Gasteiger partial charge in [-0.25, -0.2) is 0 Å². The van der Waals surface area contributed by atoms with Gasteiger partial charge in [-0.3, -0.25) is 4.79 Å². The summed E-state index contributed by atoms with van der Waals surface area (Å²) >= 11 is 3.49. The van der Waals surface area contributed by atoms with Gasteiger partial charge in [0.2, 0.25) is 0 Å². The zero-order valence-electron chi connectivity index (χ0n) is 12.6. The molecule has 2 unspecified atom stereocenters. The molecule has 2 heterocycles. The largest absolute Gasteiger partial charge is 0.334 e. The summed E-state index contributed by atoms with van der Waals surface area (Å²) in [6.45, 7) is 4.01. The molecule has 0 aliphatic carbocycles. The van der Waals surface area contributed by atoms with E-state index in [0.717, 1.165) is 41.5 Å². The van der Waals surface area contributed by atoms with E-state index in [0.29, 0.717) is 12.1 Å². The Kier molecular flexibility index (Phi) is 4.65. The van der Waals surface area contributed by atoms with Crippen LogP contribution in [0.2, 0.25) is 0 Å². The van der Waals surface area contributed by atoms with Crippen LogP contribution in [0.25, 0.3) is 0 Å². The zero-order chi connectivity index (χ0) is 14.8. The lowest BCUT2D eigenvalue weighted by atomic mass is 9.93. The zero-order valence-corrected chi connectivity index (χ0v) is 14.2. The highest BCUT2D eigenvalue weighted by molar-refractivity contribution is 9.10. The fraction of sp³-hybridized carbons (Fsp3) is 0.588. The van der Waals surface area contributed by atoms with Crippen molar-refractivity contribution >= 4 is 21.8 Å². The average molecular weight is 351 g/mol. The van der Waals surface area contributed by atoms with E-state index in [2.05, 4.69) is 26.1 Å². The molecule has 0 aromatic heterocycles. The monoisotopic (exact) mass is 350 g/mol. The summed E-state index contributed by atoms with van der Waals surface area (Å²) < 4.78 is 0.976. The van der Waals surface area contributed by atoms with Crippen LogP contribution in [0.3, 0.4) is 0 Å². The van der Waals surface area contributed by atoms with E-state index >= 15 is 0 Å². The Labute approximate surface area is 135 Å². The van der Waals surface area contributed by atoms with E-state index in [1.165, 1.54) is 19.3 Å². The van der Waals surface area contributed by atoms with Gasteiger partial charge in [-0.1, -0.05) is 22.0 Å². The van der Waals surface area contributed by atoms with Gasteiger partial charge in [-0.05, 0) is 63.3 Å². The minimum Gasteiger partial charge on any atom is -0.334 e. The molecule has 0 radical (unpaired) electrons. The van der Waals surface area contributed by atoms with Gasteiger partial charge in [-0.15, -0.1) is 0 Å². The number of hydrogen-bond acceptors (Lipinski definition) is 2. The van der Waals surface area contributed by atoms with Gasteiger partial charge in [0.05, 0.1) is 0 Å². The smallest absolute Gasteiger partial charge is 0.254 e. The number of aryl methyl sites for hydroxylation is 1. The van der Waals surface area contributed by atoms with Crippen molar-refractivity contribution in [3.63, 3.8) is 0 Å². The first kappa shape index (κ1) is 15.0. The molecule has 2 saturated heterocycles. The molecule has 1 amide bonds. The minimum absolute atomic E-state index is 0.201. The van der Waals surface area contributed by atoms with Gasteiger partial charge in [0, 0.05) is 28.7 Å². The first-order valence-electron chi connectivity index (χ1n) is 7.97. The molecule has 21 heavy (non-hydrogen) atoms. The quantitative estimate of drug-likeness (QED) is 0.885. The highest BCUT2D eigenvalue weighted by Crippen LogP contribution is 2.27. The van der Waals surface area contributed by atoms with Crippen LogP contribution in [0.4, 0.5) is 0 Å². The lowest BCUT2D eigenvalue weighted by molar-refractivity contribution is 0.0563. The molecule has 2 fully saturated rings. The van der Waals surface area contributed by atoms with Crippen molar-refractivity contribution < 1.29 is 4.79 Å². The van der Waals surface area contributed by atoms with Gasteiger partial charge >= 0.3 is 0 Å². The van der Waals surface area contributed by atoms with Gasteiger partial charge in [0.25, 0.3) is 5.91 Å². The van der Waals surface area contributed by atoms with Crippen LogP contribution in [0.1, 0.15) is 48.0 Å². The van der Waals surface area contributed by atoms with Gasteiger partial charge in [0.1, 0.15) is 0 Å². The number of piperidine rings is 1. The molecule has 2 aliphatic heterocycles. The normalized spacial score (nSPS) is 26.1. The molecule has 0 saturated carbocycles. The van der Waals surface area contributed by atoms with Gasteiger partial charge in [0.15, 0.2) is 0 Å². The molecule has 1 N–H and O–H groups in total. The number of amides is 1. The van der Waals surface area contributed by atoms with Crippen LogP contribution in [-0.2, 0) is 0 Å². The number of carbonyl (C=O) groups excluding carboxylic acids is 1. The average Bonchev–Trinajstić information content (AvgIpc) is 3.03. The molecule has 2 aliphatic rings. The summed E-state index contributed by atoms with van der Waals surface area (Å²) in [6.07, 6.45) is 5.94. The number of carbonyl (C=O) groups is 1. The summed E-state index contributed by atoms with van der Waals surface area (Å²) in [7, 11) is 0. The molecule has 2 atom stereocenters. The van der Waals surface area contributed by atoms with Crippen LogP contribution in [0, 0.1) is 6.92 Å². The third kappa shape index (κ3) is 3.16. The van der Waals surface area contributed by atoms with Crippen molar-refractivity contribution in [2.75, 3.05) is 13.1 Å². The van der Waals surface area contributed by atoms with Crippen LogP contribution >= 0.6 is 15.9 Å². The number of rotatable bonds is 2. The topological polar surface area (TPSA) is 32.3 Å². The number of hydrogen-bond donors (Lipinski definition) is 1. The van der Waals surface area contributed by atoms with Crippen molar-refractivity contribution in [3.8, 4) is 0 Å². The molecule has 1 aromatic carbocycles. The fourth-order valence-corrected chi connectivity index (χ4v) is 4.01. The lowest BCUT2D eigenvalue weighted by Gasteiger charge is -2.39. The maximum atomic E-state index is 13.0. The van der Waals surface area contributed by atoms with Gasteiger partial charge < -0.3 is 10.2 Å². The van der Waals surface area contributed by atoms with Gasteiger partial charge in [-0.2, -0.15) is 0 Å². The number of nitrogens with one attached hydrogen (secondary N) is 1. The molecule has 1 aromatic rings. The fourth-order valence-electron chi connectivity index (χ4n) is 3.65. The molecule has 3 rings (SSSR count). The Hall–Kier alpha value is -0.870. The summed E-state index contributed by atoms with van der Waals surface area (Å²) in [6, 6.07) is 6.84. The highest BCUT2D eigenvalue weighted by Gasteiger charge is 2.34. The summed E-state index contributed by atoms with van der Waals surface area (Å²) in [5.41, 5.74) is 1.90. The van der Waals surface area contributed by atoms with Crippen molar-refractivity contribution in [1.82, 2.24) is 10.2 Å². The van der Waals surface area contributed by atoms with E-state index in [9.17, 15) is 4.79 Å². The number of likely N-dealkylation sites (tertiary alicyclic amines) is 1. The molecular weight excluding hydrogens is 328 g/mol. The minimum atomic E-state index is 0.201. The third-order valence-electron chi connectivity index (χ3n) is 4.80. The van der Waals surface area contributed by atoms with E-state index in [1.807, 2.05) is 25.1 Å². The Morgan fingerprint density at radius 1 is 1.29 bits per heavy atom. The SMILES string of the molecule is Cc1ccc(Br)cc1C(=O)N1CCCCC1C1CCCN1. The van der Waals surface area contributed by atoms with Crippen molar-refractivity contribution in [2.45, 2.75) is 51.1 Å². The standard InChI is InChI=1S/C17H23BrN2O/c1-12-7-8-13(18)11-14(12)17(21)20-10-3-2-6-16(20)15-5-4-9-19-15/h7-8,11,15-16,19H,2-6,9-10H2,1H3. The van der Waals surface area contributed by atoms with Crippen LogP contribution in [0.5, 0.6) is 0 Å². The van der Waals surface area contributed by atoms with E-state index in [1.54, 1.807) is 0 Å². The lowest BCUT2D eigenvalue weighted by Crippen LogP contribution is -2.52. The second kappa shape index (κ2) is 6.49. The number of halogens is 1. The number of benzene rings is 1. The van der Waals surface area contributed by atoms with E-state index in [-0.39, 0.29) is 5.91 Å². The molecule has 114 valence electrons. The first-order chi connectivity index (χ1) is 10.2. The maximum absolute atomic E-state index is 13.0. The molecule has 0 bridgehead atoms. The highest BCUT2D eigenvalue weighted by atomic mass is 79.9. The van der Waals surface area contributed by atoms with E-state index < -0.39 is 0 Å². The maximum Gasteiger partial charge on any atom is 0.254 e. The Morgan fingerprint density at radius 3 is 2.90 bits per heavy atom. The van der Waals surface area contributed by atoms with Crippen LogP contribution < -0.4 is 5.32 Å². The van der Waals surface area contributed by atoms with Crippen molar-refractivity contribution in [1.29, 1.82) is 0 Å². The Bertz CT molecular complexity index is 526. The third-order valence-corrected chi connectivity index (χ3v) is 5.30. The predicted molar refractivity (Wildman–Crippen MR) is 88.6 cm³/mol. The van der Waals surface area contributed by atoms with Crippen LogP contribution in [-0.4, -0.2) is 36.0 Å². The van der Waals surface area contributed by atoms with Crippen molar-refractivity contribution in [2.24, 2.45) is 0 Å². The second-order valence-corrected chi connectivity index (χ2v) is 7.14. The summed E-state index contributed by atoms with van der Waals surface area (Å²) in [4.78, 5) is 15.1. The van der Waals surface area contributed by atoms with Crippen LogP contribution in [0.15, 0.2) is 22.7 Å². The Morgan fingerprint density at radius 2 is 2.14 bits per heavy atom.